The lowest BCUT2D eigenvalue weighted by atomic mass is 10.0. The van der Waals surface area contributed by atoms with E-state index >= 15 is 0 Å². The zero-order chi connectivity index (χ0) is 17.7. The van der Waals surface area contributed by atoms with Gasteiger partial charge in [-0.1, -0.05) is 47.6 Å². The maximum atomic E-state index is 6.36. The van der Waals surface area contributed by atoms with Crippen LogP contribution in [0.5, 0.6) is 0 Å². The number of hydrogen-bond donors (Lipinski definition) is 1. The van der Waals surface area contributed by atoms with Crippen LogP contribution in [0.3, 0.4) is 0 Å². The van der Waals surface area contributed by atoms with Gasteiger partial charge in [-0.25, -0.2) is 0 Å². The van der Waals surface area contributed by atoms with Crippen molar-refractivity contribution in [1.82, 2.24) is 4.68 Å². The van der Waals surface area contributed by atoms with E-state index < -0.39 is 0 Å². The first kappa shape index (κ1) is 17.9. The summed E-state index contributed by atoms with van der Waals surface area (Å²) < 4.78 is 1.79. The van der Waals surface area contributed by atoms with Gasteiger partial charge in [-0.15, -0.1) is 0 Å². The third kappa shape index (κ3) is 4.29. The summed E-state index contributed by atoms with van der Waals surface area (Å²) in [6.07, 6.45) is 9.49. The predicted molar refractivity (Wildman–Crippen MR) is 106 cm³/mol. The first-order valence-electron chi connectivity index (χ1n) is 8.40. The molecule has 1 heterocycles. The van der Waals surface area contributed by atoms with Gasteiger partial charge >= 0.3 is 0 Å². The number of nitrogen functional groups attached to an aromatic ring is 1. The second-order valence-corrected chi connectivity index (χ2v) is 6.65. The molecular formula is C22H28N2. The van der Waals surface area contributed by atoms with Gasteiger partial charge in [0.1, 0.15) is 0 Å². The number of aryl methyl sites for hydroxylation is 2. The molecule has 0 spiro atoms. The summed E-state index contributed by atoms with van der Waals surface area (Å²) in [6, 6.07) is 10.5. The molecule has 0 unspecified atom stereocenters. The topological polar surface area (TPSA) is 30.9 Å². The Kier molecular flexibility index (Phi) is 5.86. The van der Waals surface area contributed by atoms with Crippen molar-refractivity contribution in [3.05, 3.63) is 76.5 Å². The van der Waals surface area contributed by atoms with E-state index in [1.165, 1.54) is 27.8 Å². The number of aromatic nitrogens is 1. The van der Waals surface area contributed by atoms with E-state index in [1.807, 2.05) is 0 Å². The van der Waals surface area contributed by atoms with Gasteiger partial charge in [0.2, 0.25) is 0 Å². The molecule has 0 fully saturated rings. The van der Waals surface area contributed by atoms with E-state index in [1.54, 1.807) is 4.68 Å². The van der Waals surface area contributed by atoms with Crippen molar-refractivity contribution < 1.29 is 0 Å². The maximum Gasteiger partial charge on any atom is 0.0702 e. The van der Waals surface area contributed by atoms with E-state index in [9.17, 15) is 0 Å². The van der Waals surface area contributed by atoms with Gasteiger partial charge in [-0.2, -0.15) is 0 Å². The number of nitrogens with two attached hydrogens (primary N) is 1. The predicted octanol–water partition coefficient (Wildman–Crippen LogP) is 5.80. The fraction of sp³-hybridized carbons (Fsp3) is 0.273. The van der Waals surface area contributed by atoms with Crippen molar-refractivity contribution in [2.45, 2.75) is 41.0 Å². The molecule has 0 aliphatic heterocycles. The van der Waals surface area contributed by atoms with Gasteiger partial charge in [0.05, 0.1) is 11.4 Å². The number of benzene rings is 1. The van der Waals surface area contributed by atoms with Crippen LogP contribution in [0.25, 0.3) is 17.3 Å². The molecule has 2 N–H and O–H groups in total. The highest BCUT2D eigenvalue weighted by atomic mass is 15.3. The van der Waals surface area contributed by atoms with Gasteiger partial charge in [0.25, 0.3) is 0 Å². The van der Waals surface area contributed by atoms with Crippen LogP contribution in [0.2, 0.25) is 0 Å². The minimum absolute atomic E-state index is 0.924. The minimum Gasteiger partial charge on any atom is -0.339 e. The van der Waals surface area contributed by atoms with E-state index in [2.05, 4.69) is 89.3 Å². The van der Waals surface area contributed by atoms with Crippen LogP contribution < -0.4 is 5.84 Å². The first-order valence-corrected chi connectivity index (χ1v) is 8.40. The lowest BCUT2D eigenvalue weighted by Gasteiger charge is -2.11. The molecule has 0 saturated heterocycles. The second-order valence-electron chi connectivity index (χ2n) is 6.65. The highest BCUT2D eigenvalue weighted by molar-refractivity contribution is 5.70. The molecule has 2 heteroatoms. The third-order valence-corrected chi connectivity index (χ3v) is 4.09. The van der Waals surface area contributed by atoms with Crippen molar-refractivity contribution >= 4 is 6.08 Å². The van der Waals surface area contributed by atoms with Crippen LogP contribution in [0, 0.1) is 13.8 Å². The molecule has 0 atom stereocenters. The molecule has 24 heavy (non-hydrogen) atoms. The molecule has 2 aromatic rings. The average Bonchev–Trinajstić information content (AvgIpc) is 2.85. The summed E-state index contributed by atoms with van der Waals surface area (Å²) in [7, 11) is 0. The third-order valence-electron chi connectivity index (χ3n) is 4.09. The molecule has 0 bridgehead atoms. The highest BCUT2D eigenvalue weighted by Crippen LogP contribution is 2.28. The monoisotopic (exact) mass is 320 g/mol. The number of rotatable bonds is 5. The molecule has 2 rings (SSSR count). The fourth-order valence-corrected chi connectivity index (χ4v) is 2.83. The Balaban J connectivity index is 2.26. The van der Waals surface area contributed by atoms with Gasteiger partial charge in [-0.3, -0.25) is 4.68 Å². The Hall–Kier alpha value is -2.48. The fourth-order valence-electron chi connectivity index (χ4n) is 2.83. The molecule has 0 saturated carbocycles. The smallest absolute Gasteiger partial charge is 0.0702 e. The summed E-state index contributed by atoms with van der Waals surface area (Å²) in [4.78, 5) is 0. The summed E-state index contributed by atoms with van der Waals surface area (Å²) in [5, 5.41) is 0. The molecule has 1 aromatic carbocycles. The van der Waals surface area contributed by atoms with Gasteiger partial charge < -0.3 is 5.84 Å². The van der Waals surface area contributed by atoms with E-state index in [-0.39, 0.29) is 0 Å². The maximum absolute atomic E-state index is 6.36. The number of nitrogens with zero attached hydrogens (tertiary/aromatic N) is 1. The van der Waals surface area contributed by atoms with Crippen molar-refractivity contribution in [1.29, 1.82) is 0 Å². The quantitative estimate of drug-likeness (QED) is 0.547. The Morgan fingerprint density at radius 2 is 1.71 bits per heavy atom. The van der Waals surface area contributed by atoms with Crippen LogP contribution in [0.1, 0.15) is 44.0 Å². The number of allylic oxidation sites excluding steroid dienone is 5. The molecule has 0 amide bonds. The molecule has 0 radical (unpaired) electrons. The SMILES string of the molecule is CC(C)=CC=CC/C(C)=C/c1ccc(-c2c(C)cccc2C)n1N. The Morgan fingerprint density at radius 1 is 1.04 bits per heavy atom. The molecule has 0 aliphatic rings. The standard InChI is InChI=1S/C22H28N2/c1-16(2)9-6-7-10-17(3)15-20-13-14-21(24(20)23)22-18(4)11-8-12-19(22)5/h6-9,11-15H,10,23H2,1-5H3/b7-6?,17-15+. The molecular weight excluding hydrogens is 292 g/mol. The van der Waals surface area contributed by atoms with E-state index in [0.717, 1.165) is 17.8 Å². The summed E-state index contributed by atoms with van der Waals surface area (Å²) >= 11 is 0. The zero-order valence-corrected chi connectivity index (χ0v) is 15.4. The average molecular weight is 320 g/mol. The van der Waals surface area contributed by atoms with E-state index in [4.69, 9.17) is 5.84 Å². The Bertz CT molecular complexity index is 777. The Labute approximate surface area is 146 Å². The van der Waals surface area contributed by atoms with Crippen molar-refractivity contribution in [2.24, 2.45) is 0 Å². The first-order chi connectivity index (χ1) is 11.4. The van der Waals surface area contributed by atoms with Crippen LogP contribution in [0.4, 0.5) is 0 Å². The molecule has 2 nitrogen and oxygen atoms in total. The minimum atomic E-state index is 0.924. The van der Waals surface area contributed by atoms with E-state index in [0.29, 0.717) is 0 Å². The second kappa shape index (κ2) is 7.87. The van der Waals surface area contributed by atoms with Crippen LogP contribution in [0.15, 0.2) is 59.7 Å². The molecule has 126 valence electrons. The largest absolute Gasteiger partial charge is 0.339 e. The lowest BCUT2D eigenvalue weighted by molar-refractivity contribution is 1.00. The van der Waals surface area contributed by atoms with Gasteiger partial charge in [0, 0.05) is 5.56 Å². The summed E-state index contributed by atoms with van der Waals surface area (Å²) in [6.45, 7) is 10.6. The number of hydrogen-bond acceptors (Lipinski definition) is 1. The van der Waals surface area contributed by atoms with Crippen LogP contribution in [-0.2, 0) is 0 Å². The highest BCUT2D eigenvalue weighted by Gasteiger charge is 2.11. The van der Waals surface area contributed by atoms with Crippen LogP contribution >= 0.6 is 0 Å². The van der Waals surface area contributed by atoms with Crippen molar-refractivity contribution in [2.75, 3.05) is 5.84 Å². The molecule has 0 aliphatic carbocycles. The molecule has 1 aromatic heterocycles. The lowest BCUT2D eigenvalue weighted by Crippen LogP contribution is -2.12. The summed E-state index contributed by atoms with van der Waals surface area (Å²) in [5.74, 6) is 6.36. The van der Waals surface area contributed by atoms with Gasteiger partial charge in [0.15, 0.2) is 0 Å². The normalized spacial score (nSPS) is 12.0. The zero-order valence-electron chi connectivity index (χ0n) is 15.4. The summed E-state index contributed by atoms with van der Waals surface area (Å²) in [5.41, 5.74) is 8.40. The Morgan fingerprint density at radius 3 is 2.33 bits per heavy atom. The van der Waals surface area contributed by atoms with Gasteiger partial charge in [-0.05, 0) is 70.4 Å². The van der Waals surface area contributed by atoms with Crippen molar-refractivity contribution in [3.63, 3.8) is 0 Å². The van der Waals surface area contributed by atoms with Crippen molar-refractivity contribution in [3.8, 4) is 11.3 Å². The van der Waals surface area contributed by atoms with Crippen LogP contribution in [-0.4, -0.2) is 4.68 Å².